The third-order valence-corrected chi connectivity index (χ3v) is 3.64. The van der Waals surface area contributed by atoms with Gasteiger partial charge in [0.25, 0.3) is 0 Å². The van der Waals surface area contributed by atoms with Gasteiger partial charge in [-0.25, -0.2) is 0 Å². The van der Waals surface area contributed by atoms with E-state index in [1.54, 1.807) is 4.90 Å². The molecule has 1 aliphatic heterocycles. The molecule has 1 aliphatic rings. The molecule has 1 N–H and O–H groups in total. The first kappa shape index (κ1) is 17.8. The largest absolute Gasteiger partial charge is 0.494 e. The van der Waals surface area contributed by atoms with Crippen LogP contribution in [0.5, 0.6) is 5.75 Å². The monoisotopic (exact) mass is 312 g/mol. The van der Waals surface area contributed by atoms with Crippen molar-refractivity contribution in [2.24, 2.45) is 0 Å². The van der Waals surface area contributed by atoms with Crippen LogP contribution in [0.15, 0.2) is 24.3 Å². The number of halogens is 1. The lowest BCUT2D eigenvalue weighted by atomic mass is 10.0. The molecule has 5 heteroatoms. The Bertz CT molecular complexity index is 430. The first-order chi connectivity index (χ1) is 9.70. The van der Waals surface area contributed by atoms with E-state index in [2.05, 4.69) is 5.32 Å². The molecule has 1 atom stereocenters. The van der Waals surface area contributed by atoms with Gasteiger partial charge in [-0.15, -0.1) is 12.4 Å². The van der Waals surface area contributed by atoms with E-state index < -0.39 is 0 Å². The van der Waals surface area contributed by atoms with E-state index in [4.69, 9.17) is 4.74 Å². The van der Waals surface area contributed by atoms with Crippen LogP contribution in [0.25, 0.3) is 0 Å². The van der Waals surface area contributed by atoms with Gasteiger partial charge in [0.05, 0.1) is 12.6 Å². The summed E-state index contributed by atoms with van der Waals surface area (Å²) in [5.74, 6) is 1.07. The number of nitrogens with one attached hydrogen (secondary N) is 1. The number of ether oxygens (including phenoxy) is 1. The molecule has 0 radical (unpaired) electrons. The minimum Gasteiger partial charge on any atom is -0.494 e. The van der Waals surface area contributed by atoms with Gasteiger partial charge in [0.15, 0.2) is 0 Å². The molecule has 0 saturated carbocycles. The van der Waals surface area contributed by atoms with Crippen LogP contribution in [0.3, 0.4) is 0 Å². The normalized spacial score (nSPS) is 17.7. The highest BCUT2D eigenvalue weighted by atomic mass is 35.5. The van der Waals surface area contributed by atoms with Crippen molar-refractivity contribution < 1.29 is 9.53 Å². The first-order valence-electron chi connectivity index (χ1n) is 7.41. The number of hydrogen-bond acceptors (Lipinski definition) is 3. The van der Waals surface area contributed by atoms with Gasteiger partial charge < -0.3 is 15.0 Å². The number of amides is 1. The van der Waals surface area contributed by atoms with Gasteiger partial charge >= 0.3 is 0 Å². The number of hydrogen-bond donors (Lipinski definition) is 1. The lowest BCUT2D eigenvalue weighted by Crippen LogP contribution is -2.46. The van der Waals surface area contributed by atoms with E-state index in [1.165, 1.54) is 6.42 Å². The van der Waals surface area contributed by atoms with E-state index in [-0.39, 0.29) is 24.4 Å². The number of carbonyl (C=O) groups is 1. The molecule has 1 unspecified atom stereocenters. The molecule has 118 valence electrons. The Morgan fingerprint density at radius 2 is 2.05 bits per heavy atom. The fourth-order valence-electron chi connectivity index (χ4n) is 2.54. The summed E-state index contributed by atoms with van der Waals surface area (Å²) in [7, 11) is 1.87. The van der Waals surface area contributed by atoms with Crippen LogP contribution in [0.1, 0.15) is 31.7 Å². The smallest absolute Gasteiger partial charge is 0.239 e. The number of piperidine rings is 1. The highest BCUT2D eigenvalue weighted by Crippen LogP contribution is 2.15. The predicted molar refractivity (Wildman–Crippen MR) is 87.0 cm³/mol. The second-order valence-corrected chi connectivity index (χ2v) is 5.27. The summed E-state index contributed by atoms with van der Waals surface area (Å²) in [6.07, 6.45) is 3.26. The summed E-state index contributed by atoms with van der Waals surface area (Å²) in [6.45, 7) is 4.24. The van der Waals surface area contributed by atoms with E-state index in [0.29, 0.717) is 13.2 Å². The minimum absolute atomic E-state index is 0. The van der Waals surface area contributed by atoms with Gasteiger partial charge in [-0.1, -0.05) is 18.6 Å². The second-order valence-electron chi connectivity index (χ2n) is 5.27. The van der Waals surface area contributed by atoms with Crippen LogP contribution >= 0.6 is 12.4 Å². The fraction of sp³-hybridized carbons (Fsp3) is 0.562. The Balaban J connectivity index is 0.00000220. The number of likely N-dealkylation sites (N-methyl/N-ethyl adjacent to an activating group) is 1. The molecule has 1 aromatic carbocycles. The Hall–Kier alpha value is -1.26. The van der Waals surface area contributed by atoms with E-state index >= 15 is 0 Å². The fourth-order valence-corrected chi connectivity index (χ4v) is 2.54. The Morgan fingerprint density at radius 1 is 1.33 bits per heavy atom. The van der Waals surface area contributed by atoms with Gasteiger partial charge in [0.2, 0.25) is 5.91 Å². The summed E-state index contributed by atoms with van der Waals surface area (Å²) < 4.78 is 5.42. The van der Waals surface area contributed by atoms with Crippen molar-refractivity contribution in [3.8, 4) is 5.75 Å². The van der Waals surface area contributed by atoms with Gasteiger partial charge in [-0.2, -0.15) is 0 Å². The SMILES string of the molecule is CCOc1ccc(CN(C)C(=O)C2CCCCN2)cc1.Cl. The average molecular weight is 313 g/mol. The Kier molecular flexibility index (Phi) is 7.54. The zero-order valence-corrected chi connectivity index (χ0v) is 13.6. The number of rotatable bonds is 5. The van der Waals surface area contributed by atoms with Crippen LogP contribution in [0.2, 0.25) is 0 Å². The van der Waals surface area contributed by atoms with Crippen molar-refractivity contribution in [2.75, 3.05) is 20.2 Å². The summed E-state index contributed by atoms with van der Waals surface area (Å²) >= 11 is 0. The standard InChI is InChI=1S/C16H24N2O2.ClH/c1-3-20-14-9-7-13(8-10-14)12-18(2)16(19)15-6-4-5-11-17-15;/h7-10,15,17H,3-6,11-12H2,1-2H3;1H. The first-order valence-corrected chi connectivity index (χ1v) is 7.41. The molecule has 0 spiro atoms. The molecule has 1 fully saturated rings. The van der Waals surface area contributed by atoms with Crippen molar-refractivity contribution in [1.82, 2.24) is 10.2 Å². The van der Waals surface area contributed by atoms with E-state index in [0.717, 1.165) is 30.7 Å². The topological polar surface area (TPSA) is 41.6 Å². The van der Waals surface area contributed by atoms with Crippen molar-refractivity contribution in [2.45, 2.75) is 38.8 Å². The lowest BCUT2D eigenvalue weighted by molar-refractivity contribution is -0.133. The molecule has 1 saturated heterocycles. The molecular weight excluding hydrogens is 288 g/mol. The molecule has 0 aromatic heterocycles. The summed E-state index contributed by atoms with van der Waals surface area (Å²) in [6, 6.07) is 7.94. The van der Waals surface area contributed by atoms with Gasteiger partial charge in [-0.3, -0.25) is 4.79 Å². The van der Waals surface area contributed by atoms with Gasteiger partial charge in [-0.05, 0) is 44.0 Å². The van der Waals surface area contributed by atoms with Crippen molar-refractivity contribution in [3.63, 3.8) is 0 Å². The van der Waals surface area contributed by atoms with Crippen molar-refractivity contribution in [1.29, 1.82) is 0 Å². The molecule has 0 aliphatic carbocycles. The van der Waals surface area contributed by atoms with Crippen LogP contribution in [0, 0.1) is 0 Å². The van der Waals surface area contributed by atoms with Crippen molar-refractivity contribution in [3.05, 3.63) is 29.8 Å². The second kappa shape index (κ2) is 8.90. The lowest BCUT2D eigenvalue weighted by Gasteiger charge is -2.27. The number of nitrogens with zero attached hydrogens (tertiary/aromatic N) is 1. The summed E-state index contributed by atoms with van der Waals surface area (Å²) in [5, 5.41) is 3.30. The molecule has 21 heavy (non-hydrogen) atoms. The van der Waals surface area contributed by atoms with Crippen LogP contribution in [-0.4, -0.2) is 37.0 Å². The van der Waals surface area contributed by atoms with Crippen LogP contribution in [-0.2, 0) is 11.3 Å². The number of benzene rings is 1. The Morgan fingerprint density at radius 3 is 2.62 bits per heavy atom. The van der Waals surface area contributed by atoms with Gasteiger partial charge in [0, 0.05) is 13.6 Å². The van der Waals surface area contributed by atoms with Crippen LogP contribution in [0.4, 0.5) is 0 Å². The molecule has 2 rings (SSSR count). The van der Waals surface area contributed by atoms with Crippen LogP contribution < -0.4 is 10.1 Å². The molecule has 0 bridgehead atoms. The molecule has 1 amide bonds. The van der Waals surface area contributed by atoms with Crippen molar-refractivity contribution >= 4 is 18.3 Å². The molecule has 1 aromatic rings. The minimum atomic E-state index is -0.00329. The van der Waals surface area contributed by atoms with Gasteiger partial charge in [0.1, 0.15) is 5.75 Å². The number of carbonyl (C=O) groups excluding carboxylic acids is 1. The maximum atomic E-state index is 12.3. The third-order valence-electron chi connectivity index (χ3n) is 3.64. The Labute approximate surface area is 133 Å². The van der Waals surface area contributed by atoms with E-state index in [1.807, 2.05) is 38.2 Å². The van der Waals surface area contributed by atoms with E-state index in [9.17, 15) is 4.79 Å². The highest BCUT2D eigenvalue weighted by molar-refractivity contribution is 5.85. The summed E-state index contributed by atoms with van der Waals surface area (Å²) in [4.78, 5) is 14.1. The average Bonchev–Trinajstić information content (AvgIpc) is 2.49. The predicted octanol–water partition coefficient (Wildman–Crippen LogP) is 2.61. The maximum Gasteiger partial charge on any atom is 0.239 e. The zero-order chi connectivity index (χ0) is 14.4. The summed E-state index contributed by atoms with van der Waals surface area (Å²) in [5.41, 5.74) is 1.13. The highest BCUT2D eigenvalue weighted by Gasteiger charge is 2.23. The molecule has 1 heterocycles. The maximum absolute atomic E-state index is 12.3. The zero-order valence-electron chi connectivity index (χ0n) is 12.8. The third kappa shape index (κ3) is 5.21. The molecular formula is C16H25ClN2O2. The molecule has 4 nitrogen and oxygen atoms in total. The quantitative estimate of drug-likeness (QED) is 0.908.